The number of rotatable bonds is 2. The van der Waals surface area contributed by atoms with Gasteiger partial charge in [-0.3, -0.25) is 4.79 Å². The second-order valence-electron chi connectivity index (χ2n) is 5.52. The Morgan fingerprint density at radius 2 is 2.22 bits per heavy atom. The van der Waals surface area contributed by atoms with E-state index < -0.39 is 24.2 Å². The van der Waals surface area contributed by atoms with E-state index in [1.807, 2.05) is 0 Å². The second kappa shape index (κ2) is 5.12. The summed E-state index contributed by atoms with van der Waals surface area (Å²) in [5.74, 6) is -0.520. The van der Waals surface area contributed by atoms with E-state index in [4.69, 9.17) is 10.5 Å². The van der Waals surface area contributed by atoms with Crippen LogP contribution in [0.3, 0.4) is 0 Å². The Hall–Kier alpha value is -2.29. The van der Waals surface area contributed by atoms with Gasteiger partial charge in [0.25, 0.3) is 5.91 Å². The summed E-state index contributed by atoms with van der Waals surface area (Å²) in [4.78, 5) is 13.7. The number of methoxy groups -OCH3 is 1. The molecule has 1 fully saturated rings. The smallest absolute Gasteiger partial charge is 0.399 e. The van der Waals surface area contributed by atoms with Gasteiger partial charge in [0.05, 0.1) is 23.8 Å². The van der Waals surface area contributed by atoms with Gasteiger partial charge in [-0.15, -0.1) is 0 Å². The van der Waals surface area contributed by atoms with Crippen LogP contribution in [0.25, 0.3) is 5.52 Å². The van der Waals surface area contributed by atoms with Crippen LogP contribution in [0.15, 0.2) is 24.5 Å². The summed E-state index contributed by atoms with van der Waals surface area (Å²) >= 11 is 0. The summed E-state index contributed by atoms with van der Waals surface area (Å²) in [7, 11) is 1.01. The highest BCUT2D eigenvalue weighted by Gasteiger charge is 2.59. The van der Waals surface area contributed by atoms with E-state index in [0.717, 1.165) is 12.0 Å². The van der Waals surface area contributed by atoms with Gasteiger partial charge in [-0.2, -0.15) is 18.3 Å². The van der Waals surface area contributed by atoms with Crippen molar-refractivity contribution >= 4 is 17.1 Å². The highest BCUT2D eigenvalue weighted by atomic mass is 19.4. The van der Waals surface area contributed by atoms with Gasteiger partial charge in [0, 0.05) is 32.0 Å². The van der Waals surface area contributed by atoms with E-state index in [2.05, 4.69) is 5.10 Å². The normalized spacial score (nSPS) is 22.0. The minimum Gasteiger partial charge on any atom is -0.399 e. The minimum absolute atomic E-state index is 0.0359. The summed E-state index contributed by atoms with van der Waals surface area (Å²) < 4.78 is 45.8. The average Bonchev–Trinajstić information content (AvgIpc) is 3.10. The number of aromatic nitrogens is 2. The molecular formula is C14H15F3N4O2. The molecule has 1 saturated heterocycles. The zero-order chi connectivity index (χ0) is 16.8. The van der Waals surface area contributed by atoms with Crippen molar-refractivity contribution in [1.82, 2.24) is 14.5 Å². The zero-order valence-electron chi connectivity index (χ0n) is 12.3. The molecule has 2 aromatic heterocycles. The molecule has 0 aromatic carbocycles. The summed E-state index contributed by atoms with van der Waals surface area (Å²) in [5, 5.41) is 4.02. The van der Waals surface area contributed by atoms with E-state index >= 15 is 0 Å². The van der Waals surface area contributed by atoms with Crippen LogP contribution in [0.1, 0.15) is 16.8 Å². The number of halogens is 3. The Balaban J connectivity index is 1.91. The maximum Gasteiger partial charge on any atom is 0.419 e. The number of hydrogen-bond donors (Lipinski definition) is 1. The fourth-order valence-electron chi connectivity index (χ4n) is 2.80. The molecule has 0 radical (unpaired) electrons. The number of alkyl halides is 3. The van der Waals surface area contributed by atoms with Crippen molar-refractivity contribution in [1.29, 1.82) is 0 Å². The number of ether oxygens (including phenoxy) is 1. The molecule has 1 amide bonds. The van der Waals surface area contributed by atoms with Crippen molar-refractivity contribution < 1.29 is 22.7 Å². The van der Waals surface area contributed by atoms with E-state index in [9.17, 15) is 18.0 Å². The van der Waals surface area contributed by atoms with E-state index in [0.29, 0.717) is 11.2 Å². The third kappa shape index (κ3) is 2.40. The Morgan fingerprint density at radius 1 is 1.48 bits per heavy atom. The average molecular weight is 328 g/mol. The lowest BCUT2D eigenvalue weighted by atomic mass is 10.0. The maximum absolute atomic E-state index is 13.2. The molecule has 0 bridgehead atoms. The summed E-state index contributed by atoms with van der Waals surface area (Å²) in [6.45, 7) is -0.572. The maximum atomic E-state index is 13.2. The van der Waals surface area contributed by atoms with Crippen LogP contribution in [-0.2, 0) is 4.74 Å². The minimum atomic E-state index is -4.54. The molecule has 1 atom stereocenters. The first-order valence-corrected chi connectivity index (χ1v) is 6.91. The van der Waals surface area contributed by atoms with Crippen LogP contribution < -0.4 is 5.73 Å². The van der Waals surface area contributed by atoms with Crippen molar-refractivity contribution in [2.24, 2.45) is 0 Å². The molecular weight excluding hydrogens is 313 g/mol. The SMILES string of the molecule is COC1(C(F)(F)F)CCN(C(=O)c2cnn3ccc(N)cc23)C1. The first-order chi connectivity index (χ1) is 10.8. The standard InChI is InChI=1S/C14H15F3N4O2/c1-23-13(14(15,16)17)3-5-20(8-13)12(22)10-7-19-21-4-2-9(18)6-11(10)21/h2,4,6-7H,3,5,8,18H2,1H3. The Labute approximate surface area is 129 Å². The fourth-order valence-corrected chi connectivity index (χ4v) is 2.80. The molecule has 23 heavy (non-hydrogen) atoms. The molecule has 1 aliphatic rings. The van der Waals surface area contributed by atoms with Crippen molar-refractivity contribution in [2.45, 2.75) is 18.2 Å². The number of nitrogen functional groups attached to an aromatic ring is 1. The molecule has 1 unspecified atom stereocenters. The summed E-state index contributed by atoms with van der Waals surface area (Å²) in [6, 6.07) is 3.17. The van der Waals surface area contributed by atoms with Crippen LogP contribution in [0.4, 0.5) is 18.9 Å². The number of nitrogens with two attached hydrogens (primary N) is 1. The highest BCUT2D eigenvalue weighted by Crippen LogP contribution is 2.40. The third-order valence-corrected chi connectivity index (χ3v) is 4.20. The van der Waals surface area contributed by atoms with Crippen LogP contribution in [0.5, 0.6) is 0 Å². The lowest BCUT2D eigenvalue weighted by Gasteiger charge is -2.30. The Morgan fingerprint density at radius 3 is 2.83 bits per heavy atom. The highest BCUT2D eigenvalue weighted by molar-refractivity contribution is 6.01. The van der Waals surface area contributed by atoms with E-state index in [-0.39, 0.29) is 18.5 Å². The Kier molecular flexibility index (Phi) is 3.47. The number of nitrogens with zero attached hydrogens (tertiary/aromatic N) is 3. The van der Waals surface area contributed by atoms with Gasteiger partial charge in [-0.05, 0) is 12.1 Å². The molecule has 0 spiro atoms. The van der Waals surface area contributed by atoms with Gasteiger partial charge in [0.1, 0.15) is 0 Å². The molecule has 0 aliphatic carbocycles. The molecule has 9 heteroatoms. The number of anilines is 1. The lowest BCUT2D eigenvalue weighted by molar-refractivity contribution is -0.263. The first-order valence-electron chi connectivity index (χ1n) is 6.91. The molecule has 2 aromatic rings. The molecule has 2 N–H and O–H groups in total. The van der Waals surface area contributed by atoms with Gasteiger partial charge in [0.2, 0.25) is 0 Å². The van der Waals surface area contributed by atoms with E-state index in [1.54, 1.807) is 18.3 Å². The number of amides is 1. The largest absolute Gasteiger partial charge is 0.419 e. The van der Waals surface area contributed by atoms with Crippen LogP contribution >= 0.6 is 0 Å². The van der Waals surface area contributed by atoms with Crippen molar-refractivity contribution in [3.63, 3.8) is 0 Å². The fraction of sp³-hybridized carbons (Fsp3) is 0.429. The molecule has 3 rings (SSSR count). The first kappa shape index (κ1) is 15.6. The van der Waals surface area contributed by atoms with Crippen LogP contribution in [0, 0.1) is 0 Å². The number of hydrogen-bond acceptors (Lipinski definition) is 4. The summed E-state index contributed by atoms with van der Waals surface area (Å²) in [6.07, 6.45) is -1.92. The van der Waals surface area contributed by atoms with Gasteiger partial charge in [-0.25, -0.2) is 4.52 Å². The van der Waals surface area contributed by atoms with Crippen molar-refractivity contribution in [2.75, 3.05) is 25.9 Å². The topological polar surface area (TPSA) is 72.9 Å². The van der Waals surface area contributed by atoms with Gasteiger partial charge in [0.15, 0.2) is 5.60 Å². The monoisotopic (exact) mass is 328 g/mol. The van der Waals surface area contributed by atoms with Crippen molar-refractivity contribution in [3.8, 4) is 0 Å². The van der Waals surface area contributed by atoms with Crippen LogP contribution in [0.2, 0.25) is 0 Å². The molecule has 124 valence electrons. The number of pyridine rings is 1. The summed E-state index contributed by atoms with van der Waals surface area (Å²) in [5.41, 5.74) is 4.49. The zero-order valence-corrected chi connectivity index (χ0v) is 12.3. The lowest BCUT2D eigenvalue weighted by Crippen LogP contribution is -2.49. The van der Waals surface area contributed by atoms with Gasteiger partial charge < -0.3 is 15.4 Å². The van der Waals surface area contributed by atoms with Crippen molar-refractivity contribution in [3.05, 3.63) is 30.1 Å². The Bertz CT molecular complexity index is 758. The third-order valence-electron chi connectivity index (χ3n) is 4.20. The van der Waals surface area contributed by atoms with Gasteiger partial charge in [-0.1, -0.05) is 0 Å². The quantitative estimate of drug-likeness (QED) is 0.911. The van der Waals surface area contributed by atoms with E-state index in [1.165, 1.54) is 10.7 Å². The number of carbonyl (C=O) groups is 1. The molecule has 1 aliphatic heterocycles. The number of likely N-dealkylation sites (tertiary alicyclic amines) is 1. The predicted molar refractivity (Wildman–Crippen MR) is 75.9 cm³/mol. The molecule has 0 saturated carbocycles. The second-order valence-corrected chi connectivity index (χ2v) is 5.52. The van der Waals surface area contributed by atoms with Gasteiger partial charge >= 0.3 is 6.18 Å². The number of carbonyl (C=O) groups excluding carboxylic acids is 1. The predicted octanol–water partition coefficient (Wildman–Crippen LogP) is 1.71. The molecule has 3 heterocycles. The number of fused-ring (bicyclic) bond motifs is 1. The van der Waals surface area contributed by atoms with Crippen LogP contribution in [-0.4, -0.2) is 52.4 Å². The molecule has 6 nitrogen and oxygen atoms in total.